The average molecular weight is 289 g/mol. The third-order valence-corrected chi connectivity index (χ3v) is 2.57. The molecule has 0 heterocycles. The van der Waals surface area contributed by atoms with E-state index in [2.05, 4.69) is 5.32 Å². The van der Waals surface area contributed by atoms with Crippen LogP contribution in [0.4, 0.5) is 13.2 Å². The van der Waals surface area contributed by atoms with Gasteiger partial charge in [-0.05, 0) is 18.4 Å². The van der Waals surface area contributed by atoms with Crippen molar-refractivity contribution in [3.8, 4) is 0 Å². The van der Waals surface area contributed by atoms with Gasteiger partial charge in [0.25, 0.3) is 5.91 Å². The molecule has 110 valence electrons. The van der Waals surface area contributed by atoms with Gasteiger partial charge in [0.15, 0.2) is 11.6 Å². The van der Waals surface area contributed by atoms with Crippen molar-refractivity contribution < 1.29 is 27.9 Å². The lowest BCUT2D eigenvalue weighted by Gasteiger charge is -2.16. The van der Waals surface area contributed by atoms with E-state index < -0.39 is 40.9 Å². The molecule has 1 unspecified atom stereocenters. The predicted octanol–water partition coefficient (Wildman–Crippen LogP) is 2.33. The maximum absolute atomic E-state index is 13.4. The Morgan fingerprint density at radius 3 is 2.20 bits per heavy atom. The molecule has 20 heavy (non-hydrogen) atoms. The van der Waals surface area contributed by atoms with E-state index in [9.17, 15) is 22.8 Å². The zero-order valence-electron chi connectivity index (χ0n) is 10.9. The number of hydrogen-bond donors (Lipinski definition) is 2. The number of nitrogens with one attached hydrogen (secondary N) is 1. The number of carbonyl (C=O) groups is 2. The monoisotopic (exact) mass is 289 g/mol. The summed E-state index contributed by atoms with van der Waals surface area (Å²) in [6.07, 6.45) is 0.131. The molecule has 0 saturated carbocycles. The maximum atomic E-state index is 13.4. The summed E-state index contributed by atoms with van der Waals surface area (Å²) in [7, 11) is 0. The number of carboxylic acids is 1. The van der Waals surface area contributed by atoms with E-state index in [-0.39, 0.29) is 18.4 Å². The van der Waals surface area contributed by atoms with Crippen molar-refractivity contribution in [3.63, 3.8) is 0 Å². The van der Waals surface area contributed by atoms with E-state index in [1.165, 1.54) is 0 Å². The van der Waals surface area contributed by atoms with Crippen molar-refractivity contribution in [2.45, 2.75) is 26.3 Å². The Labute approximate surface area is 113 Å². The fourth-order valence-electron chi connectivity index (χ4n) is 1.63. The summed E-state index contributed by atoms with van der Waals surface area (Å²) in [4.78, 5) is 22.7. The lowest BCUT2D eigenvalue weighted by molar-refractivity contribution is -0.139. The number of halogens is 3. The SMILES string of the molecule is CC(C)CC(NC(=O)c1cc(F)c(F)cc1F)C(=O)O. The summed E-state index contributed by atoms with van der Waals surface area (Å²) >= 11 is 0. The minimum absolute atomic E-state index is 0.0220. The van der Waals surface area contributed by atoms with Crippen LogP contribution in [0.3, 0.4) is 0 Å². The second kappa shape index (κ2) is 6.40. The zero-order valence-corrected chi connectivity index (χ0v) is 10.9. The highest BCUT2D eigenvalue weighted by molar-refractivity contribution is 5.96. The van der Waals surface area contributed by atoms with Gasteiger partial charge in [-0.3, -0.25) is 4.79 Å². The molecule has 0 bridgehead atoms. The van der Waals surface area contributed by atoms with Crippen LogP contribution in [0, 0.1) is 23.4 Å². The molecule has 1 aromatic rings. The number of amides is 1. The van der Waals surface area contributed by atoms with Gasteiger partial charge in [-0.25, -0.2) is 18.0 Å². The second-order valence-electron chi connectivity index (χ2n) is 4.74. The molecule has 1 aromatic carbocycles. The Morgan fingerprint density at radius 2 is 1.70 bits per heavy atom. The third-order valence-electron chi connectivity index (χ3n) is 2.57. The van der Waals surface area contributed by atoms with E-state index in [1.54, 1.807) is 13.8 Å². The number of aliphatic carboxylic acids is 1. The molecule has 0 radical (unpaired) electrons. The molecule has 0 aromatic heterocycles. The van der Waals surface area contributed by atoms with Crippen LogP contribution in [0.15, 0.2) is 12.1 Å². The van der Waals surface area contributed by atoms with Crippen molar-refractivity contribution in [2.24, 2.45) is 5.92 Å². The fourth-order valence-corrected chi connectivity index (χ4v) is 1.63. The molecule has 1 amide bonds. The van der Waals surface area contributed by atoms with E-state index >= 15 is 0 Å². The number of carboxylic acid groups (broad SMARTS) is 1. The second-order valence-corrected chi connectivity index (χ2v) is 4.74. The highest BCUT2D eigenvalue weighted by Gasteiger charge is 2.24. The molecule has 0 fully saturated rings. The Balaban J connectivity index is 2.95. The van der Waals surface area contributed by atoms with E-state index in [0.717, 1.165) is 0 Å². The van der Waals surface area contributed by atoms with Gasteiger partial charge in [-0.15, -0.1) is 0 Å². The van der Waals surface area contributed by atoms with Crippen molar-refractivity contribution in [3.05, 3.63) is 35.1 Å². The van der Waals surface area contributed by atoms with Gasteiger partial charge in [0.05, 0.1) is 5.56 Å². The van der Waals surface area contributed by atoms with Crippen molar-refractivity contribution in [2.75, 3.05) is 0 Å². The molecule has 0 saturated heterocycles. The van der Waals surface area contributed by atoms with Gasteiger partial charge in [0.2, 0.25) is 0 Å². The number of carbonyl (C=O) groups excluding carboxylic acids is 1. The standard InChI is InChI=1S/C13H14F3NO3/c1-6(2)3-11(13(19)20)17-12(18)7-4-9(15)10(16)5-8(7)14/h4-6,11H,3H2,1-2H3,(H,17,18)(H,19,20). The van der Waals surface area contributed by atoms with E-state index in [1.807, 2.05) is 0 Å². The lowest BCUT2D eigenvalue weighted by atomic mass is 10.0. The van der Waals surface area contributed by atoms with E-state index in [4.69, 9.17) is 5.11 Å². The fraction of sp³-hybridized carbons (Fsp3) is 0.385. The van der Waals surface area contributed by atoms with Crippen LogP contribution >= 0.6 is 0 Å². The van der Waals surface area contributed by atoms with Gasteiger partial charge < -0.3 is 10.4 Å². The van der Waals surface area contributed by atoms with Crippen LogP contribution in [0.25, 0.3) is 0 Å². The smallest absolute Gasteiger partial charge is 0.326 e. The van der Waals surface area contributed by atoms with Crippen LogP contribution < -0.4 is 5.32 Å². The zero-order chi connectivity index (χ0) is 15.4. The molecule has 0 aliphatic rings. The molecule has 7 heteroatoms. The van der Waals surface area contributed by atoms with Gasteiger partial charge in [0, 0.05) is 6.07 Å². The molecule has 1 atom stereocenters. The molecule has 0 spiro atoms. The van der Waals surface area contributed by atoms with Crippen LogP contribution in [0.2, 0.25) is 0 Å². The summed E-state index contributed by atoms with van der Waals surface area (Å²) in [5, 5.41) is 11.0. The Morgan fingerprint density at radius 1 is 1.15 bits per heavy atom. The quantitative estimate of drug-likeness (QED) is 0.818. The number of hydrogen-bond acceptors (Lipinski definition) is 2. The molecule has 2 N–H and O–H groups in total. The first-order valence-electron chi connectivity index (χ1n) is 5.90. The molecule has 0 aliphatic carbocycles. The first-order chi connectivity index (χ1) is 9.22. The predicted molar refractivity (Wildman–Crippen MR) is 64.7 cm³/mol. The molecule has 0 aliphatic heterocycles. The van der Waals surface area contributed by atoms with Crippen LogP contribution in [-0.2, 0) is 4.79 Å². The van der Waals surface area contributed by atoms with E-state index in [0.29, 0.717) is 6.07 Å². The Bertz CT molecular complexity index is 532. The Hall–Kier alpha value is -2.05. The van der Waals surface area contributed by atoms with Crippen molar-refractivity contribution in [1.82, 2.24) is 5.32 Å². The minimum Gasteiger partial charge on any atom is -0.480 e. The highest BCUT2D eigenvalue weighted by Crippen LogP contribution is 2.14. The third kappa shape index (κ3) is 3.97. The van der Waals surface area contributed by atoms with Crippen LogP contribution in [0.1, 0.15) is 30.6 Å². The van der Waals surface area contributed by atoms with Crippen LogP contribution in [0.5, 0.6) is 0 Å². The summed E-state index contributed by atoms with van der Waals surface area (Å²) in [5.41, 5.74) is -0.737. The summed E-state index contributed by atoms with van der Waals surface area (Å²) in [6.45, 7) is 3.50. The average Bonchev–Trinajstić information content (AvgIpc) is 2.32. The first kappa shape index (κ1) is 16.0. The number of benzene rings is 1. The summed E-state index contributed by atoms with van der Waals surface area (Å²) in [5.74, 6) is -6.46. The summed E-state index contributed by atoms with van der Waals surface area (Å²) in [6, 6.07) is -0.591. The lowest BCUT2D eigenvalue weighted by Crippen LogP contribution is -2.42. The van der Waals surface area contributed by atoms with Gasteiger partial charge >= 0.3 is 5.97 Å². The topological polar surface area (TPSA) is 66.4 Å². The minimum atomic E-state index is -1.42. The molecule has 4 nitrogen and oxygen atoms in total. The number of rotatable bonds is 5. The van der Waals surface area contributed by atoms with Crippen LogP contribution in [-0.4, -0.2) is 23.0 Å². The van der Waals surface area contributed by atoms with Crippen molar-refractivity contribution in [1.29, 1.82) is 0 Å². The van der Waals surface area contributed by atoms with Gasteiger partial charge in [0.1, 0.15) is 11.9 Å². The first-order valence-corrected chi connectivity index (χ1v) is 5.90. The molecular weight excluding hydrogens is 275 g/mol. The van der Waals surface area contributed by atoms with Crippen molar-refractivity contribution >= 4 is 11.9 Å². The largest absolute Gasteiger partial charge is 0.480 e. The Kier molecular flexibility index (Phi) is 5.12. The van der Waals surface area contributed by atoms with Gasteiger partial charge in [-0.1, -0.05) is 13.8 Å². The normalized spacial score (nSPS) is 12.3. The molecular formula is C13H14F3NO3. The van der Waals surface area contributed by atoms with Gasteiger partial charge in [-0.2, -0.15) is 0 Å². The summed E-state index contributed by atoms with van der Waals surface area (Å²) < 4.78 is 39.1. The maximum Gasteiger partial charge on any atom is 0.326 e. The highest BCUT2D eigenvalue weighted by atomic mass is 19.2. The molecule has 1 rings (SSSR count).